The number of carbonyl (C=O) groups is 1. The lowest BCUT2D eigenvalue weighted by Crippen LogP contribution is -2.49. The fraction of sp³-hybridized carbons (Fsp3) is 0.588. The Morgan fingerprint density at radius 1 is 1.25 bits per heavy atom. The number of nitrogens with zero attached hydrogens (tertiary/aromatic N) is 1. The van der Waals surface area contributed by atoms with Crippen LogP contribution in [0.3, 0.4) is 0 Å². The fourth-order valence-corrected chi connectivity index (χ4v) is 4.52. The molecule has 1 aromatic carbocycles. The topological polar surface area (TPSA) is 78.5 Å². The highest BCUT2D eigenvalue weighted by Gasteiger charge is 2.30. The molecule has 0 spiro atoms. The quantitative estimate of drug-likeness (QED) is 0.821. The molecule has 1 amide bonds. The third-order valence-corrected chi connectivity index (χ3v) is 5.70. The maximum Gasteiger partial charge on any atom is 0.279 e. The molecule has 2 N–H and O–H groups in total. The Labute approximate surface area is 144 Å². The van der Waals surface area contributed by atoms with Crippen molar-refractivity contribution < 1.29 is 13.2 Å². The molecule has 0 bridgehead atoms. The van der Waals surface area contributed by atoms with Gasteiger partial charge in [-0.2, -0.15) is 17.4 Å². The van der Waals surface area contributed by atoms with E-state index in [-0.39, 0.29) is 12.5 Å². The van der Waals surface area contributed by atoms with Crippen LogP contribution in [0.5, 0.6) is 0 Å². The first-order chi connectivity index (χ1) is 11.3. The van der Waals surface area contributed by atoms with Crippen molar-refractivity contribution in [1.29, 1.82) is 0 Å². The second kappa shape index (κ2) is 8.09. The molecule has 2 rings (SSSR count). The molecule has 1 aliphatic rings. The van der Waals surface area contributed by atoms with Gasteiger partial charge in [0.15, 0.2) is 0 Å². The first-order valence-corrected chi connectivity index (χ1v) is 9.87. The minimum atomic E-state index is -3.63. The molecular formula is C17H27N3O3S. The molecule has 1 aromatic rings. The van der Waals surface area contributed by atoms with Crippen molar-refractivity contribution in [3.63, 3.8) is 0 Å². The molecule has 1 heterocycles. The van der Waals surface area contributed by atoms with E-state index in [0.717, 1.165) is 18.4 Å². The lowest BCUT2D eigenvalue weighted by Gasteiger charge is -2.33. The van der Waals surface area contributed by atoms with E-state index in [1.165, 1.54) is 4.31 Å². The van der Waals surface area contributed by atoms with Crippen LogP contribution in [0.1, 0.15) is 32.8 Å². The van der Waals surface area contributed by atoms with Gasteiger partial charge < -0.3 is 5.32 Å². The highest BCUT2D eigenvalue weighted by molar-refractivity contribution is 7.87. The molecule has 1 aliphatic heterocycles. The average Bonchev–Trinajstić information content (AvgIpc) is 2.52. The van der Waals surface area contributed by atoms with E-state index in [0.29, 0.717) is 30.6 Å². The zero-order valence-corrected chi connectivity index (χ0v) is 15.4. The van der Waals surface area contributed by atoms with E-state index in [4.69, 9.17) is 0 Å². The van der Waals surface area contributed by atoms with Gasteiger partial charge in [-0.15, -0.1) is 0 Å². The summed E-state index contributed by atoms with van der Waals surface area (Å²) >= 11 is 0. The number of hydrogen-bond donors (Lipinski definition) is 2. The molecule has 0 saturated carbocycles. The lowest BCUT2D eigenvalue weighted by atomic mass is 9.94. The van der Waals surface area contributed by atoms with E-state index in [2.05, 4.69) is 10.0 Å². The molecule has 6 nitrogen and oxygen atoms in total. The van der Waals surface area contributed by atoms with Crippen LogP contribution in [-0.2, 0) is 21.4 Å². The maximum absolute atomic E-state index is 12.4. The van der Waals surface area contributed by atoms with Gasteiger partial charge in [-0.3, -0.25) is 4.79 Å². The number of piperidine rings is 1. The Morgan fingerprint density at radius 2 is 1.92 bits per heavy atom. The van der Waals surface area contributed by atoms with Gasteiger partial charge in [0, 0.05) is 18.8 Å². The average molecular weight is 353 g/mol. The zero-order valence-electron chi connectivity index (χ0n) is 14.6. The van der Waals surface area contributed by atoms with Crippen molar-refractivity contribution in [2.75, 3.05) is 25.0 Å². The second-order valence-electron chi connectivity index (χ2n) is 6.69. The summed E-state index contributed by atoms with van der Waals surface area (Å²) in [5, 5.41) is 2.73. The summed E-state index contributed by atoms with van der Waals surface area (Å²) in [6.45, 7) is 6.87. The Balaban J connectivity index is 1.90. The molecule has 2 atom stereocenters. The monoisotopic (exact) mass is 353 g/mol. The highest BCUT2D eigenvalue weighted by atomic mass is 32.2. The van der Waals surface area contributed by atoms with E-state index in [1.54, 1.807) is 6.07 Å². The van der Waals surface area contributed by atoms with Crippen LogP contribution in [0.4, 0.5) is 5.69 Å². The number of amides is 1. The van der Waals surface area contributed by atoms with Crippen molar-refractivity contribution in [2.45, 2.75) is 33.6 Å². The van der Waals surface area contributed by atoms with Crippen LogP contribution in [0, 0.1) is 11.8 Å². The van der Waals surface area contributed by atoms with Crippen molar-refractivity contribution >= 4 is 21.8 Å². The summed E-state index contributed by atoms with van der Waals surface area (Å²) in [5.41, 5.74) is 1.79. The van der Waals surface area contributed by atoms with Crippen LogP contribution in [-0.4, -0.2) is 38.3 Å². The van der Waals surface area contributed by atoms with Gasteiger partial charge in [0.1, 0.15) is 0 Å². The predicted octanol–water partition coefficient (Wildman–Crippen LogP) is 2.00. The first kappa shape index (κ1) is 18.9. The summed E-state index contributed by atoms with van der Waals surface area (Å²) in [4.78, 5) is 12.0. The first-order valence-electron chi connectivity index (χ1n) is 8.43. The number of aryl methyl sites for hydroxylation is 1. The zero-order chi connectivity index (χ0) is 17.7. The van der Waals surface area contributed by atoms with E-state index >= 15 is 0 Å². The number of rotatable bonds is 6. The second-order valence-corrected chi connectivity index (χ2v) is 8.45. The Morgan fingerprint density at radius 3 is 2.54 bits per heavy atom. The predicted molar refractivity (Wildman–Crippen MR) is 95.9 cm³/mol. The molecule has 2 unspecified atom stereocenters. The Kier molecular flexibility index (Phi) is 6.37. The van der Waals surface area contributed by atoms with Gasteiger partial charge >= 0.3 is 0 Å². The molecule has 0 aliphatic carbocycles. The van der Waals surface area contributed by atoms with Crippen LogP contribution in [0.15, 0.2) is 24.3 Å². The number of carbonyl (C=O) groups excluding carboxylic acids is 1. The third-order valence-electron chi connectivity index (χ3n) is 4.21. The number of nitrogens with one attached hydrogen (secondary N) is 2. The largest absolute Gasteiger partial charge is 0.325 e. The lowest BCUT2D eigenvalue weighted by molar-refractivity contribution is -0.115. The van der Waals surface area contributed by atoms with Gasteiger partial charge in [-0.1, -0.05) is 32.9 Å². The smallest absolute Gasteiger partial charge is 0.279 e. The molecule has 24 heavy (non-hydrogen) atoms. The molecule has 1 saturated heterocycles. The molecular weight excluding hydrogens is 326 g/mol. The SMILES string of the molecule is CCc1cccc(NC(=O)CNS(=O)(=O)N2CC(C)CC(C)C2)c1. The highest BCUT2D eigenvalue weighted by Crippen LogP contribution is 2.22. The third kappa shape index (κ3) is 5.29. The van der Waals surface area contributed by atoms with E-state index in [1.807, 2.05) is 39.0 Å². The van der Waals surface area contributed by atoms with Crippen LogP contribution >= 0.6 is 0 Å². The van der Waals surface area contributed by atoms with Crippen LogP contribution in [0.25, 0.3) is 0 Å². The summed E-state index contributed by atoms with van der Waals surface area (Å²) < 4.78 is 28.6. The summed E-state index contributed by atoms with van der Waals surface area (Å²) in [5.74, 6) is 0.289. The van der Waals surface area contributed by atoms with Crippen molar-refractivity contribution in [3.8, 4) is 0 Å². The Bertz CT molecular complexity index is 665. The van der Waals surface area contributed by atoms with Gasteiger partial charge in [0.05, 0.1) is 6.54 Å². The van der Waals surface area contributed by atoms with Gasteiger partial charge in [0.2, 0.25) is 5.91 Å². The van der Waals surface area contributed by atoms with Crippen LogP contribution < -0.4 is 10.0 Å². The Hall–Kier alpha value is -1.44. The summed E-state index contributed by atoms with van der Waals surface area (Å²) in [7, 11) is -3.63. The number of benzene rings is 1. The standard InChI is InChI=1S/C17H27N3O3S/c1-4-15-6-5-7-16(9-15)19-17(21)10-18-24(22,23)20-11-13(2)8-14(3)12-20/h5-7,9,13-14,18H,4,8,10-12H2,1-3H3,(H,19,21). The van der Waals surface area contributed by atoms with Gasteiger partial charge in [0.25, 0.3) is 10.2 Å². The summed E-state index contributed by atoms with van der Waals surface area (Å²) in [6.07, 6.45) is 1.90. The minimum Gasteiger partial charge on any atom is -0.325 e. The number of anilines is 1. The van der Waals surface area contributed by atoms with Gasteiger partial charge in [-0.25, -0.2) is 0 Å². The van der Waals surface area contributed by atoms with Crippen molar-refractivity contribution in [2.24, 2.45) is 11.8 Å². The van der Waals surface area contributed by atoms with Crippen LogP contribution in [0.2, 0.25) is 0 Å². The molecule has 0 radical (unpaired) electrons. The molecule has 1 fully saturated rings. The summed E-state index contributed by atoms with van der Waals surface area (Å²) in [6, 6.07) is 7.53. The van der Waals surface area contributed by atoms with E-state index < -0.39 is 10.2 Å². The minimum absolute atomic E-state index is 0.266. The number of hydrogen-bond acceptors (Lipinski definition) is 3. The maximum atomic E-state index is 12.4. The molecule has 0 aromatic heterocycles. The van der Waals surface area contributed by atoms with Gasteiger partial charge in [-0.05, 0) is 42.4 Å². The van der Waals surface area contributed by atoms with Crippen molar-refractivity contribution in [1.82, 2.24) is 9.03 Å². The molecule has 134 valence electrons. The fourth-order valence-electron chi connectivity index (χ4n) is 3.12. The van der Waals surface area contributed by atoms with E-state index in [9.17, 15) is 13.2 Å². The van der Waals surface area contributed by atoms with Crippen molar-refractivity contribution in [3.05, 3.63) is 29.8 Å². The molecule has 7 heteroatoms. The normalized spacial score (nSPS) is 22.3.